The van der Waals surface area contributed by atoms with Gasteiger partial charge in [-0.15, -0.1) is 6.58 Å². The van der Waals surface area contributed by atoms with E-state index in [4.69, 9.17) is 4.74 Å². The molecule has 0 aliphatic heterocycles. The highest BCUT2D eigenvalue weighted by Crippen LogP contribution is 2.39. The second-order valence-electron chi connectivity index (χ2n) is 10.4. The number of aryl methyl sites for hydroxylation is 1. The van der Waals surface area contributed by atoms with Crippen LogP contribution in [0, 0.1) is 6.92 Å². The van der Waals surface area contributed by atoms with Crippen molar-refractivity contribution < 1.29 is 22.7 Å². The van der Waals surface area contributed by atoms with Crippen molar-refractivity contribution in [2.24, 2.45) is 0 Å². The summed E-state index contributed by atoms with van der Waals surface area (Å²) in [7, 11) is -2.55. The fraction of sp³-hybridized carbons (Fsp3) is 0.235. The highest BCUT2D eigenvalue weighted by molar-refractivity contribution is 7.90. The number of aromatic nitrogens is 1. The first-order valence-corrected chi connectivity index (χ1v) is 15.6. The number of benzene rings is 3. The molecular formula is C34H37N3O5S. The summed E-state index contributed by atoms with van der Waals surface area (Å²) < 4.78 is 33.7. The zero-order chi connectivity index (χ0) is 31.1. The first-order valence-electron chi connectivity index (χ1n) is 14.1. The molecule has 0 saturated heterocycles. The van der Waals surface area contributed by atoms with Gasteiger partial charge in [0, 0.05) is 46.3 Å². The van der Waals surface area contributed by atoms with E-state index >= 15 is 0 Å². The highest BCUT2D eigenvalue weighted by atomic mass is 32.2. The van der Waals surface area contributed by atoms with Crippen LogP contribution in [0.25, 0.3) is 17.0 Å². The summed E-state index contributed by atoms with van der Waals surface area (Å²) in [5.41, 5.74) is 4.95. The number of ether oxygens (including phenoxy) is 1. The smallest absolute Gasteiger partial charge is 0.265 e. The maximum Gasteiger partial charge on any atom is 0.265 e. The van der Waals surface area contributed by atoms with Gasteiger partial charge in [0.1, 0.15) is 5.75 Å². The molecule has 0 fully saturated rings. The number of carbonyl (C=O) groups excluding carboxylic acids is 2. The van der Waals surface area contributed by atoms with Crippen LogP contribution < -0.4 is 14.8 Å². The predicted octanol–water partition coefficient (Wildman–Crippen LogP) is 6.24. The summed E-state index contributed by atoms with van der Waals surface area (Å²) in [4.78, 5) is 28.8. The maximum atomic E-state index is 13.1. The molecule has 4 rings (SSSR count). The van der Waals surface area contributed by atoms with Crippen LogP contribution in [0.4, 0.5) is 0 Å². The molecule has 1 heterocycles. The van der Waals surface area contributed by atoms with Crippen molar-refractivity contribution in [3.8, 4) is 5.75 Å². The quantitative estimate of drug-likeness (QED) is 0.132. The van der Waals surface area contributed by atoms with Crippen molar-refractivity contribution in [3.05, 3.63) is 113 Å². The van der Waals surface area contributed by atoms with Gasteiger partial charge in [0.2, 0.25) is 5.91 Å². The molecule has 1 unspecified atom stereocenters. The molecule has 0 bridgehead atoms. The number of allylic oxidation sites excluding steroid dienone is 1. The first-order chi connectivity index (χ1) is 20.6. The number of hydrogen-bond donors (Lipinski definition) is 3. The fourth-order valence-electron chi connectivity index (χ4n) is 5.05. The third-order valence-electron chi connectivity index (χ3n) is 7.27. The number of nitrogens with one attached hydrogen (secondary N) is 3. The Morgan fingerprint density at radius 1 is 1.07 bits per heavy atom. The average molecular weight is 600 g/mol. The molecule has 0 aliphatic rings. The van der Waals surface area contributed by atoms with Crippen molar-refractivity contribution >= 4 is 38.8 Å². The standard InChI is InChI=1S/C34H37N3O5S/c1-6-10-26(29-21-36-30-16-13-24(19-28(29)30)18-23(4)33(38)35-17-7-2)27-15-14-25(20-31(27)42-5)34(39)37-43(40,41)32-12-9-8-11-22(32)3/h6,8-9,11-16,18-21,26,36H,1,7,10,17H2,2-5H3,(H,35,38)(H,37,39)/b23-18+. The van der Waals surface area contributed by atoms with Crippen LogP contribution in [-0.2, 0) is 14.8 Å². The number of methoxy groups -OCH3 is 1. The van der Waals surface area contributed by atoms with Crippen LogP contribution in [0.3, 0.4) is 0 Å². The summed E-state index contributed by atoms with van der Waals surface area (Å²) >= 11 is 0. The van der Waals surface area contributed by atoms with Crippen LogP contribution in [0.2, 0.25) is 0 Å². The Kier molecular flexibility index (Phi) is 9.88. The zero-order valence-electron chi connectivity index (χ0n) is 24.9. The molecule has 0 spiro atoms. The van der Waals surface area contributed by atoms with Gasteiger partial charge >= 0.3 is 0 Å². The van der Waals surface area contributed by atoms with Crippen molar-refractivity contribution in [3.63, 3.8) is 0 Å². The lowest BCUT2D eigenvalue weighted by Crippen LogP contribution is -2.31. The van der Waals surface area contributed by atoms with Crippen LogP contribution in [0.15, 0.2) is 90.0 Å². The second-order valence-corrected chi connectivity index (χ2v) is 12.0. The molecule has 3 aromatic carbocycles. The summed E-state index contributed by atoms with van der Waals surface area (Å²) in [5.74, 6) is -0.583. The average Bonchev–Trinajstić information content (AvgIpc) is 3.41. The van der Waals surface area contributed by atoms with Gasteiger partial charge in [0.05, 0.1) is 12.0 Å². The van der Waals surface area contributed by atoms with Gasteiger partial charge in [-0.3, -0.25) is 9.59 Å². The van der Waals surface area contributed by atoms with Gasteiger partial charge < -0.3 is 15.0 Å². The summed E-state index contributed by atoms with van der Waals surface area (Å²) in [6.07, 6.45) is 7.08. The Balaban J connectivity index is 1.68. The van der Waals surface area contributed by atoms with E-state index in [9.17, 15) is 18.0 Å². The molecule has 2 amide bonds. The number of sulfonamides is 1. The van der Waals surface area contributed by atoms with Crippen molar-refractivity contribution in [1.82, 2.24) is 15.0 Å². The SMILES string of the molecule is C=CCC(c1ccc(C(=O)NS(=O)(=O)c2ccccc2C)cc1OC)c1c[nH]c2ccc(/C=C(\C)C(=O)NCCC)cc12. The van der Waals surface area contributed by atoms with E-state index in [-0.39, 0.29) is 22.3 Å². The lowest BCUT2D eigenvalue weighted by Gasteiger charge is -2.19. The molecule has 224 valence electrons. The third-order valence-corrected chi connectivity index (χ3v) is 8.76. The van der Waals surface area contributed by atoms with Gasteiger partial charge in [-0.25, -0.2) is 13.1 Å². The Bertz CT molecular complexity index is 1800. The molecule has 3 N–H and O–H groups in total. The lowest BCUT2D eigenvalue weighted by atomic mass is 9.86. The van der Waals surface area contributed by atoms with E-state index in [2.05, 4.69) is 21.6 Å². The molecule has 43 heavy (non-hydrogen) atoms. The van der Waals surface area contributed by atoms with E-state index in [1.165, 1.54) is 13.2 Å². The van der Waals surface area contributed by atoms with Crippen LogP contribution in [0.1, 0.15) is 65.2 Å². The van der Waals surface area contributed by atoms with Gasteiger partial charge in [0.15, 0.2) is 0 Å². The topological polar surface area (TPSA) is 117 Å². The largest absolute Gasteiger partial charge is 0.496 e. The normalized spacial score (nSPS) is 12.5. The molecule has 9 heteroatoms. The van der Waals surface area contributed by atoms with Gasteiger partial charge in [0.25, 0.3) is 15.9 Å². The van der Waals surface area contributed by atoms with E-state index in [1.807, 2.05) is 43.5 Å². The zero-order valence-corrected chi connectivity index (χ0v) is 25.7. The predicted molar refractivity (Wildman–Crippen MR) is 171 cm³/mol. The Labute approximate surface area is 252 Å². The highest BCUT2D eigenvalue weighted by Gasteiger charge is 2.24. The van der Waals surface area contributed by atoms with Crippen LogP contribution in [-0.4, -0.2) is 38.9 Å². The summed E-state index contributed by atoms with van der Waals surface area (Å²) in [6, 6.07) is 17.4. The molecule has 8 nitrogen and oxygen atoms in total. The Morgan fingerprint density at radius 2 is 1.84 bits per heavy atom. The van der Waals surface area contributed by atoms with Crippen molar-refractivity contribution in [2.75, 3.05) is 13.7 Å². The Hall–Kier alpha value is -4.63. The van der Waals surface area contributed by atoms with E-state index in [1.54, 1.807) is 50.2 Å². The number of H-pyrrole nitrogens is 1. The van der Waals surface area contributed by atoms with Gasteiger partial charge in [-0.05, 0) is 79.8 Å². The number of hydrogen-bond acceptors (Lipinski definition) is 5. The number of carbonyl (C=O) groups is 2. The van der Waals surface area contributed by atoms with Crippen molar-refractivity contribution in [2.45, 2.75) is 44.4 Å². The number of rotatable bonds is 12. The Morgan fingerprint density at radius 3 is 2.53 bits per heavy atom. The molecule has 0 aliphatic carbocycles. The van der Waals surface area contributed by atoms with Crippen LogP contribution >= 0.6 is 0 Å². The molecule has 4 aromatic rings. The molecule has 1 atom stereocenters. The molecular weight excluding hydrogens is 562 g/mol. The van der Waals surface area contributed by atoms with Gasteiger partial charge in [-0.1, -0.05) is 43.3 Å². The molecule has 0 saturated carbocycles. The minimum atomic E-state index is -4.06. The first kappa shape index (κ1) is 31.3. The summed E-state index contributed by atoms with van der Waals surface area (Å²) in [5, 5.41) is 3.88. The minimum absolute atomic E-state index is 0.0447. The van der Waals surface area contributed by atoms with E-state index in [0.29, 0.717) is 29.9 Å². The number of fused-ring (bicyclic) bond motifs is 1. The fourth-order valence-corrected chi connectivity index (χ4v) is 6.28. The number of aromatic amines is 1. The second kappa shape index (κ2) is 13.6. The summed E-state index contributed by atoms with van der Waals surface area (Å²) in [6.45, 7) is 10.1. The molecule has 0 radical (unpaired) electrons. The third kappa shape index (κ3) is 7.06. The van der Waals surface area contributed by atoms with E-state index < -0.39 is 15.9 Å². The van der Waals surface area contributed by atoms with Crippen LogP contribution in [0.5, 0.6) is 5.75 Å². The van der Waals surface area contributed by atoms with E-state index in [0.717, 1.165) is 34.0 Å². The molecule has 1 aromatic heterocycles. The minimum Gasteiger partial charge on any atom is -0.496 e. The monoisotopic (exact) mass is 599 g/mol. The maximum absolute atomic E-state index is 13.1. The van der Waals surface area contributed by atoms with Gasteiger partial charge in [-0.2, -0.15) is 0 Å². The van der Waals surface area contributed by atoms with Crippen molar-refractivity contribution in [1.29, 1.82) is 0 Å². The number of amides is 2. The lowest BCUT2D eigenvalue weighted by molar-refractivity contribution is -0.117.